The minimum Gasteiger partial charge on any atom is -0.494 e. The van der Waals surface area contributed by atoms with E-state index in [1.807, 2.05) is 0 Å². The van der Waals surface area contributed by atoms with Crippen LogP contribution in [-0.4, -0.2) is 6.61 Å². The summed E-state index contributed by atoms with van der Waals surface area (Å²) in [6.45, 7) is 2.95. The lowest BCUT2D eigenvalue weighted by molar-refractivity contribution is 0.157. The predicted octanol–water partition coefficient (Wildman–Crippen LogP) is 7.82. The average Bonchev–Trinajstić information content (AvgIpc) is 2.73. The molecule has 0 aliphatic heterocycles. The zero-order valence-corrected chi connectivity index (χ0v) is 17.0. The van der Waals surface area contributed by atoms with Crippen molar-refractivity contribution >= 4 is 0 Å². The minimum atomic E-state index is 0.704. The molecule has 0 spiro atoms. The summed E-state index contributed by atoms with van der Waals surface area (Å²) in [5.41, 5.74) is 1.50. The molecule has 2 heteroatoms. The van der Waals surface area contributed by atoms with E-state index in [9.17, 15) is 4.39 Å². The number of allylic oxidation sites excluding steroid dienone is 1. The lowest BCUT2D eigenvalue weighted by Crippen LogP contribution is -2.25. The molecule has 2 saturated carbocycles. The van der Waals surface area contributed by atoms with Crippen LogP contribution in [0.15, 0.2) is 36.7 Å². The zero-order chi connectivity index (χ0) is 18.9. The molecule has 1 nitrogen and oxygen atoms in total. The fourth-order valence-electron chi connectivity index (χ4n) is 5.32. The Hall–Kier alpha value is -1.31. The molecule has 3 rings (SSSR count). The van der Waals surface area contributed by atoms with E-state index in [1.54, 1.807) is 6.08 Å². The van der Waals surface area contributed by atoms with Crippen LogP contribution in [0.25, 0.3) is 0 Å². The van der Waals surface area contributed by atoms with Crippen LogP contribution in [0.3, 0.4) is 0 Å². The van der Waals surface area contributed by atoms with Gasteiger partial charge in [0, 0.05) is 0 Å². The third-order valence-electron chi connectivity index (χ3n) is 6.98. The van der Waals surface area contributed by atoms with Crippen LogP contribution in [0.1, 0.15) is 89.0 Å². The minimum absolute atomic E-state index is 0.704. The van der Waals surface area contributed by atoms with Crippen LogP contribution >= 0.6 is 0 Å². The molecule has 0 saturated heterocycles. The van der Waals surface area contributed by atoms with Gasteiger partial charge in [-0.1, -0.05) is 38.0 Å². The van der Waals surface area contributed by atoms with Crippen LogP contribution in [0, 0.1) is 17.8 Å². The van der Waals surface area contributed by atoms with Crippen molar-refractivity contribution in [2.45, 2.75) is 83.5 Å². The monoisotopic (exact) mass is 372 g/mol. The second kappa shape index (κ2) is 10.9. The van der Waals surface area contributed by atoms with E-state index in [0.29, 0.717) is 6.33 Å². The smallest absolute Gasteiger partial charge is 0.119 e. The first-order chi connectivity index (χ1) is 13.3. The first-order valence-corrected chi connectivity index (χ1v) is 11.3. The largest absolute Gasteiger partial charge is 0.494 e. The van der Waals surface area contributed by atoms with Crippen LogP contribution in [-0.2, 0) is 0 Å². The molecule has 0 aromatic heterocycles. The van der Waals surface area contributed by atoms with E-state index in [-0.39, 0.29) is 0 Å². The Bertz CT molecular complexity index is 548. The topological polar surface area (TPSA) is 9.23 Å². The van der Waals surface area contributed by atoms with Crippen LogP contribution < -0.4 is 4.74 Å². The summed E-state index contributed by atoms with van der Waals surface area (Å²) < 4.78 is 17.8. The number of hydrogen-bond donors (Lipinski definition) is 0. The summed E-state index contributed by atoms with van der Waals surface area (Å²) in [5, 5.41) is 0. The Kier molecular flexibility index (Phi) is 8.23. The molecule has 1 aromatic carbocycles. The second-order valence-electron chi connectivity index (χ2n) is 8.75. The standard InChI is InChI=1S/C25H37FO/c1-2-19-27-25-16-14-24(15-17-25)23-12-10-22(11-13-23)21-8-6-20(7-9-21)5-3-4-18-26/h4,14-18,20-23H,2-3,5-13,19H2,1H3/t20-,21-,22-,23-. The van der Waals surface area contributed by atoms with E-state index in [0.717, 1.165) is 48.9 Å². The van der Waals surface area contributed by atoms with E-state index in [2.05, 4.69) is 31.2 Å². The molecule has 1 aromatic rings. The van der Waals surface area contributed by atoms with Gasteiger partial charge in [0.1, 0.15) is 5.75 Å². The zero-order valence-electron chi connectivity index (χ0n) is 17.0. The molecule has 2 aliphatic rings. The third kappa shape index (κ3) is 6.09. The molecule has 2 aliphatic carbocycles. The van der Waals surface area contributed by atoms with Crippen molar-refractivity contribution in [2.75, 3.05) is 6.61 Å². The Morgan fingerprint density at radius 1 is 0.926 bits per heavy atom. The molecule has 0 unspecified atom stereocenters. The maximum absolute atomic E-state index is 12.1. The second-order valence-corrected chi connectivity index (χ2v) is 8.75. The van der Waals surface area contributed by atoms with Crippen LogP contribution in [0.4, 0.5) is 4.39 Å². The molecular formula is C25H37FO. The van der Waals surface area contributed by atoms with E-state index >= 15 is 0 Å². The predicted molar refractivity (Wildman–Crippen MR) is 112 cm³/mol. The van der Waals surface area contributed by atoms with E-state index in [1.165, 1.54) is 63.4 Å². The van der Waals surface area contributed by atoms with Crippen molar-refractivity contribution in [3.8, 4) is 5.75 Å². The molecular weight excluding hydrogens is 335 g/mol. The maximum atomic E-state index is 12.1. The number of hydrogen-bond acceptors (Lipinski definition) is 1. The van der Waals surface area contributed by atoms with E-state index < -0.39 is 0 Å². The SMILES string of the molecule is CCCOc1ccc([C@H]2CC[C@H]([C@H]3CC[C@H](CCC=CF)CC3)CC2)cc1. The normalized spacial score (nSPS) is 29.1. The van der Waals surface area contributed by atoms with Gasteiger partial charge in [-0.2, -0.15) is 0 Å². The summed E-state index contributed by atoms with van der Waals surface area (Å²) in [7, 11) is 0. The Morgan fingerprint density at radius 2 is 1.56 bits per heavy atom. The van der Waals surface area contributed by atoms with E-state index in [4.69, 9.17) is 4.74 Å². The van der Waals surface area contributed by atoms with Gasteiger partial charge in [0.15, 0.2) is 0 Å². The highest BCUT2D eigenvalue weighted by Gasteiger charge is 2.31. The summed E-state index contributed by atoms with van der Waals surface area (Å²) in [6, 6.07) is 8.87. The van der Waals surface area contributed by atoms with Gasteiger partial charge in [0.05, 0.1) is 12.9 Å². The quantitative estimate of drug-likeness (QED) is 0.452. The molecule has 2 fully saturated rings. The number of ether oxygens (including phenoxy) is 1. The van der Waals surface area contributed by atoms with Gasteiger partial charge in [-0.05, 0) is 99.2 Å². The lowest BCUT2D eigenvalue weighted by atomic mass is 9.68. The van der Waals surface area contributed by atoms with Gasteiger partial charge in [-0.15, -0.1) is 0 Å². The van der Waals surface area contributed by atoms with Crippen molar-refractivity contribution in [1.82, 2.24) is 0 Å². The highest BCUT2D eigenvalue weighted by Crippen LogP contribution is 2.44. The number of halogens is 1. The van der Waals surface area contributed by atoms with Crippen molar-refractivity contribution < 1.29 is 9.13 Å². The number of benzene rings is 1. The van der Waals surface area contributed by atoms with Crippen LogP contribution in [0.5, 0.6) is 5.75 Å². The number of rotatable bonds is 8. The van der Waals surface area contributed by atoms with Gasteiger partial charge in [-0.25, -0.2) is 4.39 Å². The molecule has 150 valence electrons. The van der Waals surface area contributed by atoms with Crippen molar-refractivity contribution in [3.05, 3.63) is 42.2 Å². The summed E-state index contributed by atoms with van der Waals surface area (Å²) in [6.07, 6.45) is 16.6. The van der Waals surface area contributed by atoms with Crippen molar-refractivity contribution in [2.24, 2.45) is 17.8 Å². The highest BCUT2D eigenvalue weighted by atomic mass is 19.1. The molecule has 0 radical (unpaired) electrons. The molecule has 0 N–H and O–H groups in total. The summed E-state index contributed by atoms with van der Waals surface area (Å²) in [5.74, 6) is 4.48. The molecule has 0 heterocycles. The first kappa shape index (κ1) is 20.4. The Balaban J connectivity index is 1.40. The average molecular weight is 373 g/mol. The fourth-order valence-corrected chi connectivity index (χ4v) is 5.32. The van der Waals surface area contributed by atoms with Gasteiger partial charge in [-0.3, -0.25) is 0 Å². The van der Waals surface area contributed by atoms with Crippen molar-refractivity contribution in [1.29, 1.82) is 0 Å². The third-order valence-corrected chi connectivity index (χ3v) is 6.98. The fraction of sp³-hybridized carbons (Fsp3) is 0.680. The lowest BCUT2D eigenvalue weighted by Gasteiger charge is -2.38. The molecule has 0 bridgehead atoms. The highest BCUT2D eigenvalue weighted by molar-refractivity contribution is 5.29. The Morgan fingerprint density at radius 3 is 2.15 bits per heavy atom. The van der Waals surface area contributed by atoms with Gasteiger partial charge >= 0.3 is 0 Å². The van der Waals surface area contributed by atoms with Gasteiger partial charge < -0.3 is 4.74 Å². The summed E-state index contributed by atoms with van der Waals surface area (Å²) in [4.78, 5) is 0. The maximum Gasteiger partial charge on any atom is 0.119 e. The van der Waals surface area contributed by atoms with Gasteiger partial charge in [0.2, 0.25) is 0 Å². The molecule has 0 atom stereocenters. The first-order valence-electron chi connectivity index (χ1n) is 11.3. The molecule has 27 heavy (non-hydrogen) atoms. The van der Waals surface area contributed by atoms with Crippen molar-refractivity contribution in [3.63, 3.8) is 0 Å². The molecule has 0 amide bonds. The van der Waals surface area contributed by atoms with Crippen LogP contribution in [0.2, 0.25) is 0 Å². The van der Waals surface area contributed by atoms with Gasteiger partial charge in [0.25, 0.3) is 0 Å². The Labute approximate surface area is 165 Å². The summed E-state index contributed by atoms with van der Waals surface area (Å²) >= 11 is 0.